The van der Waals surface area contributed by atoms with Gasteiger partial charge in [0.25, 0.3) is 5.91 Å². The standard InChI is InChI=1S/C20H23N3OS/c1-14(2)23(12-15-6-5-7-17(10-15)25-4)20(24)16-8-9-19-18(11-16)21-13-22(19)3/h5-11,13-14H,12H2,1-4H3. The first-order valence-electron chi connectivity index (χ1n) is 8.34. The average molecular weight is 353 g/mol. The zero-order valence-corrected chi connectivity index (χ0v) is 15.9. The van der Waals surface area contributed by atoms with Crippen molar-refractivity contribution in [3.8, 4) is 0 Å². The molecule has 0 saturated heterocycles. The molecule has 0 N–H and O–H groups in total. The number of aryl methyl sites for hydroxylation is 1. The number of nitrogens with zero attached hydrogens (tertiary/aromatic N) is 3. The number of carbonyl (C=O) groups is 1. The highest BCUT2D eigenvalue weighted by Gasteiger charge is 2.20. The van der Waals surface area contributed by atoms with Gasteiger partial charge >= 0.3 is 0 Å². The van der Waals surface area contributed by atoms with Gasteiger partial charge in [0.05, 0.1) is 17.4 Å². The molecule has 3 aromatic rings. The molecule has 0 unspecified atom stereocenters. The van der Waals surface area contributed by atoms with Crippen LogP contribution in [0, 0.1) is 0 Å². The Hall–Kier alpha value is -2.27. The number of hydrogen-bond donors (Lipinski definition) is 0. The fourth-order valence-electron chi connectivity index (χ4n) is 2.89. The maximum absolute atomic E-state index is 13.1. The van der Waals surface area contributed by atoms with Gasteiger partial charge < -0.3 is 9.47 Å². The average Bonchev–Trinajstić information content (AvgIpc) is 2.99. The fourth-order valence-corrected chi connectivity index (χ4v) is 3.38. The highest BCUT2D eigenvalue weighted by molar-refractivity contribution is 7.98. The smallest absolute Gasteiger partial charge is 0.254 e. The second-order valence-electron chi connectivity index (χ2n) is 6.44. The zero-order chi connectivity index (χ0) is 18.0. The lowest BCUT2D eigenvalue weighted by Gasteiger charge is -2.27. The van der Waals surface area contributed by atoms with E-state index in [1.807, 2.05) is 40.8 Å². The predicted octanol–water partition coefficient (Wildman–Crippen LogP) is 4.35. The molecule has 5 heteroatoms. The lowest BCUT2D eigenvalue weighted by Crippen LogP contribution is -2.36. The second-order valence-corrected chi connectivity index (χ2v) is 7.32. The van der Waals surface area contributed by atoms with E-state index in [1.54, 1.807) is 18.1 Å². The first kappa shape index (κ1) is 17.5. The number of aromatic nitrogens is 2. The number of amides is 1. The Morgan fingerprint density at radius 3 is 2.76 bits per heavy atom. The van der Waals surface area contributed by atoms with Crippen LogP contribution in [0.2, 0.25) is 0 Å². The zero-order valence-electron chi connectivity index (χ0n) is 15.1. The van der Waals surface area contributed by atoms with Gasteiger partial charge in [0.15, 0.2) is 0 Å². The van der Waals surface area contributed by atoms with Gasteiger partial charge in [-0.2, -0.15) is 0 Å². The van der Waals surface area contributed by atoms with Crippen LogP contribution in [0.15, 0.2) is 53.7 Å². The minimum atomic E-state index is 0.0390. The summed E-state index contributed by atoms with van der Waals surface area (Å²) < 4.78 is 1.96. The largest absolute Gasteiger partial charge is 0.334 e. The van der Waals surface area contributed by atoms with E-state index in [2.05, 4.69) is 43.3 Å². The van der Waals surface area contributed by atoms with Crippen LogP contribution < -0.4 is 0 Å². The molecule has 0 bridgehead atoms. The molecule has 0 atom stereocenters. The van der Waals surface area contributed by atoms with Gasteiger partial charge in [-0.15, -0.1) is 11.8 Å². The summed E-state index contributed by atoms with van der Waals surface area (Å²) in [6.45, 7) is 4.70. The first-order chi connectivity index (χ1) is 12.0. The van der Waals surface area contributed by atoms with Gasteiger partial charge in [-0.05, 0) is 56.0 Å². The summed E-state index contributed by atoms with van der Waals surface area (Å²) in [5.41, 5.74) is 3.70. The Bertz CT molecular complexity index is 901. The summed E-state index contributed by atoms with van der Waals surface area (Å²) in [5.74, 6) is 0.0390. The number of benzene rings is 2. The van der Waals surface area contributed by atoms with Crippen LogP contribution in [-0.2, 0) is 13.6 Å². The van der Waals surface area contributed by atoms with Crippen LogP contribution in [-0.4, -0.2) is 32.7 Å². The fraction of sp³-hybridized carbons (Fsp3) is 0.300. The molecule has 3 rings (SSSR count). The Kier molecular flexibility index (Phi) is 5.13. The Morgan fingerprint density at radius 2 is 2.04 bits per heavy atom. The Labute approximate surface area is 152 Å². The first-order valence-corrected chi connectivity index (χ1v) is 9.57. The minimum Gasteiger partial charge on any atom is -0.334 e. The summed E-state index contributed by atoms with van der Waals surface area (Å²) >= 11 is 1.71. The SMILES string of the molecule is CSc1cccc(CN(C(=O)c2ccc3c(c2)ncn3C)C(C)C)c1. The number of fused-ring (bicyclic) bond motifs is 1. The third-order valence-corrected chi connectivity index (χ3v) is 5.07. The topological polar surface area (TPSA) is 38.1 Å². The van der Waals surface area contributed by atoms with Crippen molar-refractivity contribution >= 4 is 28.7 Å². The maximum Gasteiger partial charge on any atom is 0.254 e. The molecule has 4 nitrogen and oxygen atoms in total. The minimum absolute atomic E-state index is 0.0390. The molecule has 130 valence electrons. The highest BCUT2D eigenvalue weighted by Crippen LogP contribution is 2.20. The van der Waals surface area contributed by atoms with Crippen LogP contribution in [0.4, 0.5) is 0 Å². The molecule has 0 spiro atoms. The van der Waals surface area contributed by atoms with E-state index in [1.165, 1.54) is 4.90 Å². The molecule has 0 aliphatic carbocycles. The molecule has 1 amide bonds. The van der Waals surface area contributed by atoms with Crippen molar-refractivity contribution in [1.29, 1.82) is 0 Å². The van der Waals surface area contributed by atoms with Crippen LogP contribution in [0.3, 0.4) is 0 Å². The summed E-state index contributed by atoms with van der Waals surface area (Å²) in [4.78, 5) is 20.6. The predicted molar refractivity (Wildman–Crippen MR) is 104 cm³/mol. The van der Waals surface area contributed by atoms with Gasteiger partial charge in [0.1, 0.15) is 0 Å². The molecule has 0 saturated carbocycles. The van der Waals surface area contributed by atoms with Crippen molar-refractivity contribution in [3.05, 3.63) is 59.9 Å². The van der Waals surface area contributed by atoms with Crippen molar-refractivity contribution in [2.45, 2.75) is 31.3 Å². The number of thioether (sulfide) groups is 1. The van der Waals surface area contributed by atoms with Gasteiger partial charge in [-0.25, -0.2) is 4.98 Å². The lowest BCUT2D eigenvalue weighted by molar-refractivity contribution is 0.0690. The van der Waals surface area contributed by atoms with E-state index < -0.39 is 0 Å². The molecule has 0 fully saturated rings. The monoisotopic (exact) mass is 353 g/mol. The molecule has 1 aromatic heterocycles. The molecule has 25 heavy (non-hydrogen) atoms. The molecule has 0 aliphatic heterocycles. The maximum atomic E-state index is 13.1. The normalized spacial score (nSPS) is 11.2. The van der Waals surface area contributed by atoms with E-state index in [9.17, 15) is 4.79 Å². The molecule has 2 aromatic carbocycles. The molecule has 0 aliphatic rings. The summed E-state index contributed by atoms with van der Waals surface area (Å²) in [6.07, 6.45) is 3.83. The summed E-state index contributed by atoms with van der Waals surface area (Å²) in [6, 6.07) is 14.2. The molecular weight excluding hydrogens is 330 g/mol. The van der Waals surface area contributed by atoms with E-state index in [0.29, 0.717) is 12.1 Å². The Balaban J connectivity index is 1.89. The highest BCUT2D eigenvalue weighted by atomic mass is 32.2. The third-order valence-electron chi connectivity index (χ3n) is 4.34. The van der Waals surface area contributed by atoms with Gasteiger partial charge in [-0.1, -0.05) is 12.1 Å². The molecule has 1 heterocycles. The molecular formula is C20H23N3OS. The second kappa shape index (κ2) is 7.31. The van der Waals surface area contributed by atoms with Gasteiger partial charge in [-0.3, -0.25) is 4.79 Å². The number of rotatable bonds is 5. The Morgan fingerprint density at radius 1 is 1.24 bits per heavy atom. The van der Waals surface area contributed by atoms with Crippen LogP contribution in [0.5, 0.6) is 0 Å². The van der Waals surface area contributed by atoms with Crippen molar-refractivity contribution in [2.24, 2.45) is 7.05 Å². The van der Waals surface area contributed by atoms with E-state index >= 15 is 0 Å². The van der Waals surface area contributed by atoms with E-state index in [4.69, 9.17) is 0 Å². The van der Waals surface area contributed by atoms with E-state index in [0.717, 1.165) is 16.6 Å². The van der Waals surface area contributed by atoms with E-state index in [-0.39, 0.29) is 11.9 Å². The summed E-state index contributed by atoms with van der Waals surface area (Å²) in [7, 11) is 1.95. The van der Waals surface area contributed by atoms with Crippen molar-refractivity contribution in [2.75, 3.05) is 6.26 Å². The van der Waals surface area contributed by atoms with Crippen molar-refractivity contribution in [3.63, 3.8) is 0 Å². The van der Waals surface area contributed by atoms with Gasteiger partial charge in [0, 0.05) is 30.1 Å². The summed E-state index contributed by atoms with van der Waals surface area (Å²) in [5, 5.41) is 0. The molecule has 0 radical (unpaired) electrons. The van der Waals surface area contributed by atoms with Crippen LogP contribution >= 0.6 is 11.8 Å². The number of imidazole rings is 1. The lowest BCUT2D eigenvalue weighted by atomic mass is 10.1. The van der Waals surface area contributed by atoms with Crippen LogP contribution in [0.25, 0.3) is 11.0 Å². The van der Waals surface area contributed by atoms with Gasteiger partial charge in [0.2, 0.25) is 0 Å². The number of carbonyl (C=O) groups excluding carboxylic acids is 1. The van der Waals surface area contributed by atoms with Crippen molar-refractivity contribution < 1.29 is 4.79 Å². The number of hydrogen-bond acceptors (Lipinski definition) is 3. The van der Waals surface area contributed by atoms with Crippen LogP contribution in [0.1, 0.15) is 29.8 Å². The third kappa shape index (κ3) is 3.71. The van der Waals surface area contributed by atoms with Crippen molar-refractivity contribution in [1.82, 2.24) is 14.5 Å². The quantitative estimate of drug-likeness (QED) is 0.640.